The first-order valence-electron chi connectivity index (χ1n) is 6.16. The lowest BCUT2D eigenvalue weighted by Gasteiger charge is -2.13. The van der Waals surface area contributed by atoms with Crippen molar-refractivity contribution in [1.82, 2.24) is 5.32 Å². The number of nitrogens with one attached hydrogen (secondary N) is 1. The van der Waals surface area contributed by atoms with Gasteiger partial charge in [0.15, 0.2) is 0 Å². The molecule has 0 aliphatic heterocycles. The standard InChI is InChI=1S/C14H17NO5/c1-20-13(17)9-11(14(18)19)15-12(16)8-7-10-5-3-2-4-6-10/h2-6,11H,7-9H2,1H3,(H,15,16)(H,18,19). The lowest BCUT2D eigenvalue weighted by molar-refractivity contribution is -0.148. The summed E-state index contributed by atoms with van der Waals surface area (Å²) in [4.78, 5) is 33.7. The fourth-order valence-corrected chi connectivity index (χ4v) is 1.62. The van der Waals surface area contributed by atoms with E-state index in [9.17, 15) is 14.4 Å². The van der Waals surface area contributed by atoms with Gasteiger partial charge in [-0.15, -0.1) is 0 Å². The van der Waals surface area contributed by atoms with Crippen LogP contribution in [0, 0.1) is 0 Å². The van der Waals surface area contributed by atoms with Crippen LogP contribution in [-0.2, 0) is 25.5 Å². The molecule has 1 unspecified atom stereocenters. The van der Waals surface area contributed by atoms with Crippen LogP contribution in [0.4, 0.5) is 0 Å². The summed E-state index contributed by atoms with van der Waals surface area (Å²) in [5.74, 6) is -2.35. The number of carbonyl (C=O) groups excluding carboxylic acids is 2. The lowest BCUT2D eigenvalue weighted by Crippen LogP contribution is -2.42. The molecule has 2 N–H and O–H groups in total. The van der Waals surface area contributed by atoms with Crippen molar-refractivity contribution < 1.29 is 24.2 Å². The SMILES string of the molecule is COC(=O)CC(NC(=O)CCc1ccccc1)C(=O)O. The molecular formula is C14H17NO5. The van der Waals surface area contributed by atoms with E-state index in [-0.39, 0.29) is 12.8 Å². The number of carbonyl (C=O) groups is 3. The summed E-state index contributed by atoms with van der Waals surface area (Å²) < 4.78 is 4.39. The number of hydrogen-bond donors (Lipinski definition) is 2. The number of rotatable bonds is 7. The zero-order valence-electron chi connectivity index (χ0n) is 11.2. The molecule has 1 amide bonds. The first-order valence-corrected chi connectivity index (χ1v) is 6.16. The molecule has 0 radical (unpaired) electrons. The van der Waals surface area contributed by atoms with E-state index in [1.807, 2.05) is 30.3 Å². The van der Waals surface area contributed by atoms with E-state index in [0.29, 0.717) is 6.42 Å². The number of hydrogen-bond acceptors (Lipinski definition) is 4. The average molecular weight is 279 g/mol. The fourth-order valence-electron chi connectivity index (χ4n) is 1.62. The van der Waals surface area contributed by atoms with Gasteiger partial charge < -0.3 is 15.2 Å². The minimum Gasteiger partial charge on any atom is -0.480 e. The number of methoxy groups -OCH3 is 1. The second-order valence-electron chi connectivity index (χ2n) is 4.22. The molecule has 0 saturated heterocycles. The smallest absolute Gasteiger partial charge is 0.326 e. The lowest BCUT2D eigenvalue weighted by atomic mass is 10.1. The highest BCUT2D eigenvalue weighted by molar-refractivity contribution is 5.87. The van der Waals surface area contributed by atoms with Crippen LogP contribution in [-0.4, -0.2) is 36.1 Å². The van der Waals surface area contributed by atoms with E-state index in [4.69, 9.17) is 5.11 Å². The van der Waals surface area contributed by atoms with Crippen molar-refractivity contribution in [2.24, 2.45) is 0 Å². The Labute approximate surface area is 116 Å². The molecule has 0 fully saturated rings. The van der Waals surface area contributed by atoms with Crippen molar-refractivity contribution in [2.75, 3.05) is 7.11 Å². The molecule has 1 atom stereocenters. The largest absolute Gasteiger partial charge is 0.480 e. The Balaban J connectivity index is 2.46. The van der Waals surface area contributed by atoms with Crippen molar-refractivity contribution in [3.05, 3.63) is 35.9 Å². The minimum atomic E-state index is -1.26. The van der Waals surface area contributed by atoms with E-state index >= 15 is 0 Å². The van der Waals surface area contributed by atoms with Crippen LogP contribution in [0.3, 0.4) is 0 Å². The van der Waals surface area contributed by atoms with E-state index < -0.39 is 23.9 Å². The molecule has 0 aliphatic carbocycles. The first kappa shape index (κ1) is 15.7. The van der Waals surface area contributed by atoms with Crippen LogP contribution in [0.1, 0.15) is 18.4 Å². The van der Waals surface area contributed by atoms with Gasteiger partial charge in [-0.2, -0.15) is 0 Å². The Morgan fingerprint density at radius 2 is 1.90 bits per heavy atom. The monoisotopic (exact) mass is 279 g/mol. The Morgan fingerprint density at radius 1 is 1.25 bits per heavy atom. The van der Waals surface area contributed by atoms with Crippen LogP contribution in [0.25, 0.3) is 0 Å². The third-order valence-corrected chi connectivity index (χ3v) is 2.72. The molecule has 0 spiro atoms. The van der Waals surface area contributed by atoms with E-state index in [0.717, 1.165) is 5.56 Å². The molecule has 1 rings (SSSR count). The summed E-state index contributed by atoms with van der Waals surface area (Å²) in [7, 11) is 1.17. The van der Waals surface area contributed by atoms with Gasteiger partial charge in [0, 0.05) is 6.42 Å². The number of amides is 1. The zero-order valence-corrected chi connectivity index (χ0v) is 11.2. The highest BCUT2D eigenvalue weighted by Crippen LogP contribution is 2.03. The van der Waals surface area contributed by atoms with Crippen molar-refractivity contribution in [3.8, 4) is 0 Å². The highest BCUT2D eigenvalue weighted by atomic mass is 16.5. The zero-order chi connectivity index (χ0) is 15.0. The van der Waals surface area contributed by atoms with Gasteiger partial charge >= 0.3 is 11.9 Å². The van der Waals surface area contributed by atoms with Crippen LogP contribution in [0.2, 0.25) is 0 Å². The molecule has 1 aromatic carbocycles. The second kappa shape index (κ2) is 7.93. The number of aryl methyl sites for hydroxylation is 1. The molecule has 0 bridgehead atoms. The van der Waals surface area contributed by atoms with Crippen LogP contribution < -0.4 is 5.32 Å². The van der Waals surface area contributed by atoms with Crippen LogP contribution >= 0.6 is 0 Å². The number of ether oxygens (including phenoxy) is 1. The molecule has 6 nitrogen and oxygen atoms in total. The molecule has 20 heavy (non-hydrogen) atoms. The van der Waals surface area contributed by atoms with Crippen molar-refractivity contribution in [1.29, 1.82) is 0 Å². The molecule has 0 aliphatic rings. The van der Waals surface area contributed by atoms with Gasteiger partial charge in [-0.25, -0.2) is 4.79 Å². The molecular weight excluding hydrogens is 262 g/mol. The second-order valence-corrected chi connectivity index (χ2v) is 4.22. The third kappa shape index (κ3) is 5.51. The maximum atomic E-state index is 11.7. The van der Waals surface area contributed by atoms with Gasteiger partial charge in [-0.1, -0.05) is 30.3 Å². The maximum absolute atomic E-state index is 11.7. The molecule has 0 heterocycles. The predicted octanol–water partition coefficient (Wildman–Crippen LogP) is 0.752. The topological polar surface area (TPSA) is 92.7 Å². The van der Waals surface area contributed by atoms with Gasteiger partial charge in [0.25, 0.3) is 0 Å². The van der Waals surface area contributed by atoms with Gasteiger partial charge in [0.05, 0.1) is 13.5 Å². The number of carboxylic acids is 1. The summed E-state index contributed by atoms with van der Waals surface area (Å²) in [6.07, 6.45) is 0.287. The summed E-state index contributed by atoms with van der Waals surface area (Å²) in [5.41, 5.74) is 0.988. The van der Waals surface area contributed by atoms with E-state index in [1.54, 1.807) is 0 Å². The molecule has 0 saturated carbocycles. The minimum absolute atomic E-state index is 0.162. The summed E-state index contributed by atoms with van der Waals surface area (Å²) in [6.45, 7) is 0. The van der Waals surface area contributed by atoms with Gasteiger partial charge in [0.1, 0.15) is 6.04 Å². The number of carboxylic acid groups (broad SMARTS) is 1. The highest BCUT2D eigenvalue weighted by Gasteiger charge is 2.23. The van der Waals surface area contributed by atoms with Crippen molar-refractivity contribution in [2.45, 2.75) is 25.3 Å². The van der Waals surface area contributed by atoms with Crippen LogP contribution in [0.5, 0.6) is 0 Å². The number of benzene rings is 1. The molecule has 1 aromatic rings. The Morgan fingerprint density at radius 3 is 2.45 bits per heavy atom. The Bertz CT molecular complexity index is 472. The average Bonchev–Trinajstić information content (AvgIpc) is 2.45. The summed E-state index contributed by atoms with van der Waals surface area (Å²) >= 11 is 0. The Hall–Kier alpha value is -2.37. The Kier molecular flexibility index (Phi) is 6.22. The first-order chi connectivity index (χ1) is 9.52. The normalized spacial score (nSPS) is 11.4. The molecule has 0 aromatic heterocycles. The van der Waals surface area contributed by atoms with Gasteiger partial charge in [-0.3, -0.25) is 9.59 Å². The van der Waals surface area contributed by atoms with Gasteiger partial charge in [-0.05, 0) is 12.0 Å². The number of esters is 1. The van der Waals surface area contributed by atoms with E-state index in [1.165, 1.54) is 7.11 Å². The van der Waals surface area contributed by atoms with Crippen molar-refractivity contribution >= 4 is 17.8 Å². The summed E-state index contributed by atoms with van der Waals surface area (Å²) in [6, 6.07) is 8.12. The molecule has 6 heteroatoms. The summed E-state index contributed by atoms with van der Waals surface area (Å²) in [5, 5.41) is 11.2. The third-order valence-electron chi connectivity index (χ3n) is 2.72. The van der Waals surface area contributed by atoms with Crippen LogP contribution in [0.15, 0.2) is 30.3 Å². The van der Waals surface area contributed by atoms with Gasteiger partial charge in [0.2, 0.25) is 5.91 Å². The van der Waals surface area contributed by atoms with Crippen molar-refractivity contribution in [3.63, 3.8) is 0 Å². The van der Waals surface area contributed by atoms with E-state index in [2.05, 4.69) is 10.1 Å². The molecule has 108 valence electrons. The maximum Gasteiger partial charge on any atom is 0.326 e. The predicted molar refractivity (Wildman–Crippen MR) is 71.0 cm³/mol. The number of aliphatic carboxylic acids is 1. The fraction of sp³-hybridized carbons (Fsp3) is 0.357. The quantitative estimate of drug-likeness (QED) is 0.718.